The Morgan fingerprint density at radius 2 is 2.24 bits per heavy atom. The van der Waals surface area contributed by atoms with E-state index >= 15 is 0 Å². The Hall–Kier alpha value is -3.16. The standard InChI is InChI=1S/C17H15FN4O3/c18-9-3-4-14-10(6-9)12(2-1-5-25-14)21-15-11-7-13(17(23)24)22-16(11)20-8-19-15/h3-4,6-8,12H,1-2,5H2,(H,23,24)(H2,19,20,21,22). The largest absolute Gasteiger partial charge is 0.493 e. The average Bonchev–Trinajstić information content (AvgIpc) is 2.95. The van der Waals surface area contributed by atoms with Gasteiger partial charge in [-0.05, 0) is 37.1 Å². The van der Waals surface area contributed by atoms with Crippen LogP contribution in [0.25, 0.3) is 11.0 Å². The van der Waals surface area contributed by atoms with E-state index in [1.165, 1.54) is 24.5 Å². The Kier molecular flexibility index (Phi) is 3.72. The van der Waals surface area contributed by atoms with E-state index in [1.54, 1.807) is 6.07 Å². The fraction of sp³-hybridized carbons (Fsp3) is 0.235. The van der Waals surface area contributed by atoms with Gasteiger partial charge < -0.3 is 20.1 Å². The summed E-state index contributed by atoms with van der Waals surface area (Å²) in [7, 11) is 0. The number of ether oxygens (including phenoxy) is 1. The number of anilines is 1. The van der Waals surface area contributed by atoms with Crippen LogP contribution >= 0.6 is 0 Å². The molecule has 0 fully saturated rings. The van der Waals surface area contributed by atoms with Crippen LogP contribution in [0, 0.1) is 5.82 Å². The van der Waals surface area contributed by atoms with Crippen LogP contribution in [0.5, 0.6) is 5.75 Å². The number of fused-ring (bicyclic) bond motifs is 2. The molecule has 8 heteroatoms. The van der Waals surface area contributed by atoms with E-state index in [2.05, 4.69) is 20.3 Å². The lowest BCUT2D eigenvalue weighted by Crippen LogP contribution is -2.12. The molecule has 4 rings (SSSR count). The molecule has 0 aliphatic carbocycles. The van der Waals surface area contributed by atoms with Crippen molar-refractivity contribution in [2.24, 2.45) is 0 Å². The van der Waals surface area contributed by atoms with Crippen LogP contribution in [0.4, 0.5) is 10.2 Å². The number of nitrogens with one attached hydrogen (secondary N) is 2. The zero-order valence-corrected chi connectivity index (χ0v) is 13.1. The Bertz CT molecular complexity index is 956. The number of hydrogen-bond donors (Lipinski definition) is 3. The molecular formula is C17H15FN4O3. The highest BCUT2D eigenvalue weighted by atomic mass is 19.1. The molecule has 1 aliphatic heterocycles. The number of hydrogen-bond acceptors (Lipinski definition) is 5. The zero-order valence-electron chi connectivity index (χ0n) is 13.1. The molecule has 2 aromatic heterocycles. The van der Waals surface area contributed by atoms with Gasteiger partial charge in [0.15, 0.2) is 0 Å². The summed E-state index contributed by atoms with van der Waals surface area (Å²) in [6.07, 6.45) is 2.89. The van der Waals surface area contributed by atoms with E-state index in [0.717, 1.165) is 18.4 Å². The highest BCUT2D eigenvalue weighted by Crippen LogP contribution is 2.35. The summed E-state index contributed by atoms with van der Waals surface area (Å²) in [6.45, 7) is 0.559. The molecule has 7 nitrogen and oxygen atoms in total. The molecule has 0 saturated heterocycles. The summed E-state index contributed by atoms with van der Waals surface area (Å²) in [5.41, 5.74) is 1.19. The van der Waals surface area contributed by atoms with E-state index in [1.807, 2.05) is 0 Å². The van der Waals surface area contributed by atoms with E-state index in [0.29, 0.717) is 29.2 Å². The highest BCUT2D eigenvalue weighted by molar-refractivity contribution is 5.96. The minimum Gasteiger partial charge on any atom is -0.493 e. The normalized spacial score (nSPS) is 16.8. The first-order chi connectivity index (χ1) is 12.1. The molecule has 0 amide bonds. The lowest BCUT2D eigenvalue weighted by atomic mass is 10.0. The molecular weight excluding hydrogens is 327 g/mol. The van der Waals surface area contributed by atoms with E-state index in [4.69, 9.17) is 9.84 Å². The minimum absolute atomic E-state index is 0.0363. The van der Waals surface area contributed by atoms with Gasteiger partial charge in [-0.25, -0.2) is 19.2 Å². The zero-order chi connectivity index (χ0) is 17.4. The smallest absolute Gasteiger partial charge is 0.352 e. The summed E-state index contributed by atoms with van der Waals surface area (Å²) in [5, 5.41) is 13.0. The molecule has 0 bridgehead atoms. The fourth-order valence-electron chi connectivity index (χ4n) is 3.03. The Morgan fingerprint density at radius 1 is 1.36 bits per heavy atom. The quantitative estimate of drug-likeness (QED) is 0.676. The first kappa shape index (κ1) is 15.4. The van der Waals surface area contributed by atoms with Crippen molar-refractivity contribution >= 4 is 22.8 Å². The van der Waals surface area contributed by atoms with E-state index < -0.39 is 5.97 Å². The third-order valence-electron chi connectivity index (χ3n) is 4.21. The number of nitrogens with zero attached hydrogens (tertiary/aromatic N) is 2. The number of aromatic nitrogens is 3. The first-order valence-electron chi connectivity index (χ1n) is 7.87. The number of rotatable bonds is 3. The Balaban J connectivity index is 1.74. The number of carbonyl (C=O) groups is 1. The van der Waals surface area contributed by atoms with Crippen LogP contribution in [0.15, 0.2) is 30.6 Å². The SMILES string of the molecule is O=C(O)c1cc2c(NC3CCCOc4ccc(F)cc43)ncnc2[nH]1. The number of H-pyrrole nitrogens is 1. The van der Waals surface area contributed by atoms with Gasteiger partial charge in [0.25, 0.3) is 0 Å². The molecule has 0 radical (unpaired) electrons. The molecule has 1 aromatic carbocycles. The lowest BCUT2D eigenvalue weighted by Gasteiger charge is -2.19. The van der Waals surface area contributed by atoms with Crippen LogP contribution in [0.3, 0.4) is 0 Å². The van der Waals surface area contributed by atoms with Crippen LogP contribution in [0.1, 0.15) is 34.9 Å². The molecule has 128 valence electrons. The molecule has 3 N–H and O–H groups in total. The number of carboxylic acid groups (broad SMARTS) is 1. The van der Waals surface area contributed by atoms with Gasteiger partial charge in [0.2, 0.25) is 0 Å². The molecule has 1 atom stereocenters. The summed E-state index contributed by atoms with van der Waals surface area (Å²) in [4.78, 5) is 22.2. The number of halogens is 1. The average molecular weight is 342 g/mol. The van der Waals surface area contributed by atoms with Gasteiger partial charge in [-0.1, -0.05) is 0 Å². The second kappa shape index (κ2) is 6.04. The van der Waals surface area contributed by atoms with E-state index in [-0.39, 0.29) is 17.6 Å². The lowest BCUT2D eigenvalue weighted by molar-refractivity contribution is 0.0691. The second-order valence-corrected chi connectivity index (χ2v) is 5.84. The summed E-state index contributed by atoms with van der Waals surface area (Å²) >= 11 is 0. The molecule has 0 spiro atoms. The predicted molar refractivity (Wildman–Crippen MR) is 88.3 cm³/mol. The molecule has 1 aliphatic rings. The van der Waals surface area contributed by atoms with Gasteiger partial charge in [-0.3, -0.25) is 0 Å². The second-order valence-electron chi connectivity index (χ2n) is 5.84. The van der Waals surface area contributed by atoms with Crippen LogP contribution in [-0.4, -0.2) is 32.6 Å². The van der Waals surface area contributed by atoms with Crippen molar-refractivity contribution in [1.29, 1.82) is 0 Å². The summed E-state index contributed by atoms with van der Waals surface area (Å²) in [6, 6.07) is 5.74. The van der Waals surface area contributed by atoms with Crippen LogP contribution in [0.2, 0.25) is 0 Å². The fourth-order valence-corrected chi connectivity index (χ4v) is 3.03. The van der Waals surface area contributed by atoms with Crippen molar-refractivity contribution in [3.8, 4) is 5.75 Å². The topological polar surface area (TPSA) is 100 Å². The predicted octanol–water partition coefficient (Wildman–Crippen LogP) is 3.12. The summed E-state index contributed by atoms with van der Waals surface area (Å²) in [5.74, 6) is -0.268. The number of aromatic carboxylic acids is 1. The van der Waals surface area contributed by atoms with Gasteiger partial charge in [0.1, 0.15) is 35.1 Å². The third kappa shape index (κ3) is 2.86. The van der Waals surface area contributed by atoms with Crippen molar-refractivity contribution in [3.05, 3.63) is 47.7 Å². The Labute approximate surface area is 141 Å². The van der Waals surface area contributed by atoms with Gasteiger partial charge >= 0.3 is 5.97 Å². The minimum atomic E-state index is -1.07. The first-order valence-corrected chi connectivity index (χ1v) is 7.87. The molecule has 0 saturated carbocycles. The van der Waals surface area contributed by atoms with Crippen molar-refractivity contribution in [2.75, 3.05) is 11.9 Å². The van der Waals surface area contributed by atoms with Gasteiger partial charge in [-0.2, -0.15) is 0 Å². The highest BCUT2D eigenvalue weighted by Gasteiger charge is 2.22. The molecule has 3 aromatic rings. The number of benzene rings is 1. The Morgan fingerprint density at radius 3 is 3.08 bits per heavy atom. The summed E-state index contributed by atoms with van der Waals surface area (Å²) < 4.78 is 19.4. The van der Waals surface area contributed by atoms with Crippen LogP contribution in [-0.2, 0) is 0 Å². The molecule has 25 heavy (non-hydrogen) atoms. The van der Waals surface area contributed by atoms with Gasteiger partial charge in [0.05, 0.1) is 18.0 Å². The van der Waals surface area contributed by atoms with Crippen molar-refractivity contribution in [3.63, 3.8) is 0 Å². The van der Waals surface area contributed by atoms with Gasteiger partial charge in [-0.15, -0.1) is 0 Å². The molecule has 1 unspecified atom stereocenters. The third-order valence-corrected chi connectivity index (χ3v) is 4.21. The maximum Gasteiger partial charge on any atom is 0.352 e. The number of aromatic amines is 1. The van der Waals surface area contributed by atoms with Crippen molar-refractivity contribution < 1.29 is 19.0 Å². The monoisotopic (exact) mass is 342 g/mol. The maximum absolute atomic E-state index is 13.7. The van der Waals surface area contributed by atoms with Crippen LogP contribution < -0.4 is 10.1 Å². The van der Waals surface area contributed by atoms with Gasteiger partial charge in [0, 0.05) is 5.56 Å². The van der Waals surface area contributed by atoms with Crippen molar-refractivity contribution in [2.45, 2.75) is 18.9 Å². The van der Waals surface area contributed by atoms with Crippen molar-refractivity contribution in [1.82, 2.24) is 15.0 Å². The van der Waals surface area contributed by atoms with E-state index in [9.17, 15) is 9.18 Å². The maximum atomic E-state index is 13.7. The number of carboxylic acids is 1. The molecule has 3 heterocycles.